The zero-order chi connectivity index (χ0) is 24.8. The van der Waals surface area contributed by atoms with Crippen LogP contribution in [0.3, 0.4) is 0 Å². The largest absolute Gasteiger partial charge is 0.457 e. The summed E-state index contributed by atoms with van der Waals surface area (Å²) in [6.45, 7) is 13.6. The Bertz CT molecular complexity index is 882. The van der Waals surface area contributed by atoms with Crippen LogP contribution < -0.4 is 0 Å². The molecule has 1 aromatic heterocycles. The summed E-state index contributed by atoms with van der Waals surface area (Å²) in [6.07, 6.45) is 7.01. The van der Waals surface area contributed by atoms with Crippen LogP contribution in [0, 0.1) is 24.2 Å². The Hall–Kier alpha value is -1.79. The number of ether oxygens (including phenoxy) is 1. The summed E-state index contributed by atoms with van der Waals surface area (Å²) in [5.74, 6) is -0.716. The van der Waals surface area contributed by atoms with E-state index in [1.165, 1.54) is 5.57 Å². The molecule has 0 saturated carbocycles. The summed E-state index contributed by atoms with van der Waals surface area (Å²) >= 11 is 1.60. The van der Waals surface area contributed by atoms with Crippen LogP contribution in [0.5, 0.6) is 0 Å². The lowest BCUT2D eigenvalue weighted by molar-refractivity contribution is -0.148. The van der Waals surface area contributed by atoms with Gasteiger partial charge in [0.1, 0.15) is 11.9 Å². The van der Waals surface area contributed by atoms with Crippen molar-refractivity contribution in [1.29, 1.82) is 0 Å². The zero-order valence-electron chi connectivity index (χ0n) is 21.3. The van der Waals surface area contributed by atoms with E-state index < -0.39 is 17.4 Å². The average molecular weight is 476 g/mol. The number of hydrogen-bond donors (Lipinski definition) is 1. The quantitative estimate of drug-likeness (QED) is 0.401. The lowest BCUT2D eigenvalue weighted by Crippen LogP contribution is -2.39. The lowest BCUT2D eigenvalue weighted by Gasteiger charge is -2.31. The first-order chi connectivity index (χ1) is 15.4. The molecule has 0 bridgehead atoms. The molecule has 1 aromatic rings. The molecule has 0 amide bonds. The molecule has 33 heavy (non-hydrogen) atoms. The molecule has 1 aliphatic heterocycles. The van der Waals surface area contributed by atoms with E-state index in [1.807, 2.05) is 53.0 Å². The van der Waals surface area contributed by atoms with Gasteiger partial charge >= 0.3 is 5.97 Å². The third-order valence-electron chi connectivity index (χ3n) is 6.83. The zero-order valence-corrected chi connectivity index (χ0v) is 22.1. The standard InChI is InChI=1S/C27H41NO4S/c1-17-9-8-10-18(2)25(30)20(4)26(31)27(6,7)14-13-24(29)32-23(12-11-17)19(3)15-22-16-33-21(5)28-22/h11,15-16,18,20,23,25,30H,8-10,12-14H2,1-7H3/b17-11-,19-15+. The van der Waals surface area contributed by atoms with Crippen molar-refractivity contribution in [2.24, 2.45) is 17.3 Å². The Morgan fingerprint density at radius 2 is 1.94 bits per heavy atom. The molecular formula is C27H41NO4S. The van der Waals surface area contributed by atoms with Gasteiger partial charge in [-0.05, 0) is 64.0 Å². The molecule has 1 aliphatic rings. The summed E-state index contributed by atoms with van der Waals surface area (Å²) in [6, 6.07) is 0. The number of rotatable bonds is 2. The van der Waals surface area contributed by atoms with Crippen molar-refractivity contribution in [1.82, 2.24) is 4.98 Å². The molecule has 0 aromatic carbocycles. The molecule has 6 heteroatoms. The first kappa shape index (κ1) is 27.5. The Balaban J connectivity index is 2.27. The van der Waals surface area contributed by atoms with Gasteiger partial charge in [0.25, 0.3) is 0 Å². The number of ketones is 1. The molecule has 0 aliphatic carbocycles. The maximum absolute atomic E-state index is 13.1. The molecule has 0 fully saturated rings. The van der Waals surface area contributed by atoms with Crippen molar-refractivity contribution in [3.8, 4) is 0 Å². The fraction of sp³-hybridized carbons (Fsp3) is 0.667. The summed E-state index contributed by atoms with van der Waals surface area (Å²) < 4.78 is 5.90. The average Bonchev–Trinajstić information content (AvgIpc) is 3.17. The molecular weight excluding hydrogens is 434 g/mol. The van der Waals surface area contributed by atoms with Crippen molar-refractivity contribution < 1.29 is 19.4 Å². The highest BCUT2D eigenvalue weighted by Gasteiger charge is 2.36. The molecule has 0 saturated heterocycles. The number of carbonyl (C=O) groups excluding carboxylic acids is 2. The Morgan fingerprint density at radius 3 is 2.58 bits per heavy atom. The van der Waals surface area contributed by atoms with Gasteiger partial charge in [0, 0.05) is 29.6 Å². The Morgan fingerprint density at radius 1 is 1.24 bits per heavy atom. The number of aliphatic hydroxyl groups excluding tert-OH is 1. The molecule has 2 rings (SSSR count). The number of aryl methyl sites for hydroxylation is 1. The van der Waals surface area contributed by atoms with Gasteiger partial charge in [-0.1, -0.05) is 39.3 Å². The number of cyclic esters (lactones) is 1. The second-order valence-corrected chi connectivity index (χ2v) is 11.4. The molecule has 1 N–H and O–H groups in total. The van der Waals surface area contributed by atoms with Crippen molar-refractivity contribution in [2.45, 2.75) is 99.2 Å². The van der Waals surface area contributed by atoms with E-state index in [9.17, 15) is 14.7 Å². The minimum Gasteiger partial charge on any atom is -0.457 e. The van der Waals surface area contributed by atoms with E-state index >= 15 is 0 Å². The van der Waals surface area contributed by atoms with E-state index in [4.69, 9.17) is 4.74 Å². The van der Waals surface area contributed by atoms with Crippen molar-refractivity contribution in [3.05, 3.63) is 33.3 Å². The second-order valence-electron chi connectivity index (χ2n) is 10.3. The van der Waals surface area contributed by atoms with Gasteiger partial charge in [-0.15, -0.1) is 11.3 Å². The fourth-order valence-electron chi connectivity index (χ4n) is 4.40. The van der Waals surface area contributed by atoms with E-state index in [1.54, 1.807) is 11.3 Å². The lowest BCUT2D eigenvalue weighted by atomic mass is 9.74. The monoisotopic (exact) mass is 475 g/mol. The number of esters is 1. The van der Waals surface area contributed by atoms with Gasteiger partial charge < -0.3 is 9.84 Å². The van der Waals surface area contributed by atoms with Crippen LogP contribution in [0.2, 0.25) is 0 Å². The molecule has 2 heterocycles. The number of nitrogens with zero attached hydrogens (tertiary/aromatic N) is 1. The SMILES string of the molecule is C/C1=C/CC(/C(C)=C/c2csc(C)n2)OC(=O)CCC(C)(C)C(=O)C(C)C(O)C(C)CCC1. The molecule has 184 valence electrons. The number of aromatic nitrogens is 1. The Kier molecular flexibility index (Phi) is 10.0. The minimum absolute atomic E-state index is 0.00403. The van der Waals surface area contributed by atoms with Gasteiger partial charge in [0.15, 0.2) is 0 Å². The first-order valence-corrected chi connectivity index (χ1v) is 13.0. The van der Waals surface area contributed by atoms with E-state index in [0.29, 0.717) is 12.8 Å². The van der Waals surface area contributed by atoms with Crippen LogP contribution in [-0.4, -0.2) is 34.1 Å². The van der Waals surface area contributed by atoms with Crippen molar-refractivity contribution in [3.63, 3.8) is 0 Å². The number of thiazole rings is 1. The fourth-order valence-corrected chi connectivity index (χ4v) is 4.97. The van der Waals surface area contributed by atoms with Crippen LogP contribution in [0.15, 0.2) is 22.6 Å². The topological polar surface area (TPSA) is 76.5 Å². The van der Waals surface area contributed by atoms with Crippen molar-refractivity contribution >= 4 is 29.2 Å². The minimum atomic E-state index is -0.703. The highest BCUT2D eigenvalue weighted by Crippen LogP contribution is 2.32. The van der Waals surface area contributed by atoms with E-state index in [-0.39, 0.29) is 30.2 Å². The summed E-state index contributed by atoms with van der Waals surface area (Å²) in [5, 5.41) is 13.8. The smallest absolute Gasteiger partial charge is 0.306 e. The van der Waals surface area contributed by atoms with Gasteiger partial charge in [-0.3, -0.25) is 9.59 Å². The Labute approximate surface area is 203 Å². The van der Waals surface area contributed by atoms with Crippen LogP contribution in [0.4, 0.5) is 0 Å². The van der Waals surface area contributed by atoms with Gasteiger partial charge in [-0.25, -0.2) is 4.98 Å². The molecule has 4 atom stereocenters. The van der Waals surface area contributed by atoms with Crippen LogP contribution in [0.25, 0.3) is 6.08 Å². The van der Waals surface area contributed by atoms with Crippen LogP contribution in [-0.2, 0) is 14.3 Å². The molecule has 4 unspecified atom stereocenters. The predicted molar refractivity (Wildman–Crippen MR) is 135 cm³/mol. The third kappa shape index (κ3) is 8.18. The van der Waals surface area contributed by atoms with Gasteiger partial charge in [-0.2, -0.15) is 0 Å². The van der Waals surface area contributed by atoms with Crippen molar-refractivity contribution in [2.75, 3.05) is 0 Å². The predicted octanol–water partition coefficient (Wildman–Crippen LogP) is 6.30. The number of hydrogen-bond acceptors (Lipinski definition) is 6. The third-order valence-corrected chi connectivity index (χ3v) is 7.63. The molecule has 0 radical (unpaired) electrons. The molecule has 5 nitrogen and oxygen atoms in total. The van der Waals surface area contributed by atoms with Crippen LogP contribution >= 0.6 is 11.3 Å². The van der Waals surface area contributed by atoms with Gasteiger partial charge in [0.05, 0.1) is 16.8 Å². The number of carbonyl (C=O) groups is 2. The number of allylic oxidation sites excluding steroid dienone is 1. The highest BCUT2D eigenvalue weighted by molar-refractivity contribution is 7.09. The highest BCUT2D eigenvalue weighted by atomic mass is 32.1. The number of Topliss-reactive ketones (excluding diaryl/α,β-unsaturated/α-hetero) is 1. The van der Waals surface area contributed by atoms with Crippen LogP contribution in [0.1, 0.15) is 90.8 Å². The normalized spacial score (nSPS) is 30.4. The maximum atomic E-state index is 13.1. The summed E-state index contributed by atoms with van der Waals surface area (Å²) in [5.41, 5.74) is 2.38. The first-order valence-electron chi connectivity index (χ1n) is 12.1. The summed E-state index contributed by atoms with van der Waals surface area (Å²) in [4.78, 5) is 30.4. The summed E-state index contributed by atoms with van der Waals surface area (Å²) in [7, 11) is 0. The van der Waals surface area contributed by atoms with E-state index in [0.717, 1.165) is 35.5 Å². The second kappa shape index (κ2) is 12.1. The maximum Gasteiger partial charge on any atom is 0.306 e. The number of aliphatic hydroxyl groups is 1. The van der Waals surface area contributed by atoms with Gasteiger partial charge in [0.2, 0.25) is 0 Å². The van der Waals surface area contributed by atoms with E-state index in [2.05, 4.69) is 18.0 Å². The molecule has 0 spiro atoms.